The van der Waals surface area contributed by atoms with Gasteiger partial charge in [0, 0.05) is 11.8 Å². The first-order valence-electron chi connectivity index (χ1n) is 7.16. The van der Waals surface area contributed by atoms with E-state index in [-0.39, 0.29) is 28.9 Å². The largest absolute Gasteiger partial charge is 0.508 e. The summed E-state index contributed by atoms with van der Waals surface area (Å²) in [5.41, 5.74) is 0.915. The van der Waals surface area contributed by atoms with Gasteiger partial charge in [0.25, 0.3) is 10.0 Å². The van der Waals surface area contributed by atoms with Crippen molar-refractivity contribution in [3.63, 3.8) is 0 Å². The van der Waals surface area contributed by atoms with E-state index in [4.69, 9.17) is 4.74 Å². The van der Waals surface area contributed by atoms with Crippen LogP contribution in [-0.4, -0.2) is 39.4 Å². The minimum Gasteiger partial charge on any atom is -0.508 e. The highest BCUT2D eigenvalue weighted by Gasteiger charge is 2.28. The number of benzene rings is 2. The van der Waals surface area contributed by atoms with Gasteiger partial charge in [-0.25, -0.2) is 4.39 Å². The molecule has 0 radical (unpaired) electrons. The number of ether oxygens (including phenoxy) is 1. The third-order valence-electron chi connectivity index (χ3n) is 3.46. The predicted molar refractivity (Wildman–Crippen MR) is 90.4 cm³/mol. The maximum Gasteiger partial charge on any atom is 0.285 e. The Morgan fingerprint density at radius 3 is 2.88 bits per heavy atom. The number of phenols is 1. The smallest absolute Gasteiger partial charge is 0.285 e. The molecule has 3 rings (SSSR count). The number of aromatic hydroxyl groups is 1. The molecule has 25 heavy (non-hydrogen) atoms. The molecule has 1 heterocycles. The van der Waals surface area contributed by atoms with Gasteiger partial charge < -0.3 is 15.2 Å². The van der Waals surface area contributed by atoms with Crippen LogP contribution in [0.5, 0.6) is 11.5 Å². The fourth-order valence-electron chi connectivity index (χ4n) is 2.30. The van der Waals surface area contributed by atoms with Crippen LogP contribution >= 0.6 is 0 Å². The van der Waals surface area contributed by atoms with Crippen molar-refractivity contribution in [1.29, 1.82) is 0 Å². The van der Waals surface area contributed by atoms with Crippen molar-refractivity contribution in [2.75, 3.05) is 13.8 Å². The lowest BCUT2D eigenvalue weighted by Crippen LogP contribution is -2.23. The van der Waals surface area contributed by atoms with Crippen LogP contribution in [0.4, 0.5) is 4.39 Å². The van der Waals surface area contributed by atoms with Gasteiger partial charge in [-0.05, 0) is 35.9 Å². The molecule has 2 aromatic rings. The number of nitrogens with zero attached hydrogens (tertiary/aromatic N) is 2. The number of hydrogen-bond acceptors (Lipinski definition) is 6. The SMILES string of the molecule is COc1cc(/C=N/CNC2=NS(=O)(=O)c3ccc(O)cc32)ccc1F. The van der Waals surface area contributed by atoms with E-state index in [1.54, 1.807) is 0 Å². The molecule has 0 aromatic heterocycles. The highest BCUT2D eigenvalue weighted by Crippen LogP contribution is 2.28. The van der Waals surface area contributed by atoms with Crippen molar-refractivity contribution in [2.45, 2.75) is 4.90 Å². The lowest BCUT2D eigenvalue weighted by atomic mass is 10.2. The summed E-state index contributed by atoms with van der Waals surface area (Å²) in [6.07, 6.45) is 1.49. The molecule has 0 atom stereocenters. The first kappa shape index (κ1) is 16.9. The predicted octanol–water partition coefficient (Wildman–Crippen LogP) is 1.66. The average molecular weight is 363 g/mol. The van der Waals surface area contributed by atoms with Crippen LogP contribution in [0.2, 0.25) is 0 Å². The number of halogens is 1. The molecule has 9 heteroatoms. The van der Waals surface area contributed by atoms with Crippen LogP contribution < -0.4 is 10.1 Å². The zero-order valence-corrected chi connectivity index (χ0v) is 13.9. The van der Waals surface area contributed by atoms with Gasteiger partial charge >= 0.3 is 0 Å². The number of fused-ring (bicyclic) bond motifs is 1. The molecule has 0 amide bonds. The Morgan fingerprint density at radius 2 is 2.12 bits per heavy atom. The van der Waals surface area contributed by atoms with Crippen molar-refractivity contribution in [3.8, 4) is 11.5 Å². The highest BCUT2D eigenvalue weighted by atomic mass is 32.2. The second-order valence-electron chi connectivity index (χ2n) is 5.14. The summed E-state index contributed by atoms with van der Waals surface area (Å²) in [5.74, 6) is -0.320. The van der Waals surface area contributed by atoms with E-state index in [2.05, 4.69) is 14.7 Å². The minimum atomic E-state index is -3.77. The van der Waals surface area contributed by atoms with Crippen LogP contribution in [0.15, 0.2) is 50.7 Å². The standard InChI is InChI=1S/C16H14FN3O4S/c1-24-14-6-10(2-4-13(14)17)8-18-9-19-16-12-7-11(21)3-5-15(12)25(22,23)20-16/h2-8,21H,9H2,1H3,(H,19,20)/b18-8+. The summed E-state index contributed by atoms with van der Waals surface area (Å²) in [6.45, 7) is 0.0448. The molecule has 0 spiro atoms. The topological polar surface area (TPSA) is 100 Å². The number of hydrogen-bond donors (Lipinski definition) is 2. The van der Waals surface area contributed by atoms with Crippen LogP contribution in [0.25, 0.3) is 0 Å². The number of rotatable bonds is 4. The van der Waals surface area contributed by atoms with E-state index >= 15 is 0 Å². The van der Waals surface area contributed by atoms with Crippen LogP contribution in [0.3, 0.4) is 0 Å². The zero-order valence-electron chi connectivity index (χ0n) is 13.1. The third kappa shape index (κ3) is 3.45. The Kier molecular flexibility index (Phi) is 4.41. The molecule has 0 saturated heterocycles. The van der Waals surface area contributed by atoms with Crippen molar-refractivity contribution in [3.05, 3.63) is 53.3 Å². The first-order valence-corrected chi connectivity index (χ1v) is 8.60. The van der Waals surface area contributed by atoms with Crippen molar-refractivity contribution in [1.82, 2.24) is 5.32 Å². The summed E-state index contributed by atoms with van der Waals surface area (Å²) >= 11 is 0. The van der Waals surface area contributed by atoms with E-state index in [9.17, 15) is 17.9 Å². The zero-order chi connectivity index (χ0) is 18.0. The Balaban J connectivity index is 1.72. The van der Waals surface area contributed by atoms with Gasteiger partial charge in [-0.1, -0.05) is 6.07 Å². The molecule has 130 valence electrons. The van der Waals surface area contributed by atoms with E-state index in [0.29, 0.717) is 11.1 Å². The van der Waals surface area contributed by atoms with Crippen molar-refractivity contribution in [2.24, 2.45) is 9.39 Å². The van der Waals surface area contributed by atoms with Crippen molar-refractivity contribution >= 4 is 22.1 Å². The molecule has 0 aliphatic carbocycles. The minimum absolute atomic E-state index is 0.0278. The molecule has 1 aliphatic rings. The Bertz CT molecular complexity index is 987. The summed E-state index contributed by atoms with van der Waals surface area (Å²) in [7, 11) is -2.40. The van der Waals surface area contributed by atoms with Gasteiger partial charge in [0.1, 0.15) is 23.1 Å². The molecular formula is C16H14FN3O4S. The molecule has 1 aliphatic heterocycles. The van der Waals surface area contributed by atoms with Gasteiger partial charge in [-0.2, -0.15) is 8.42 Å². The fourth-order valence-corrected chi connectivity index (χ4v) is 3.48. The molecule has 0 fully saturated rings. The fraction of sp³-hybridized carbons (Fsp3) is 0.125. The van der Waals surface area contributed by atoms with Gasteiger partial charge in [0.15, 0.2) is 11.6 Å². The van der Waals surface area contributed by atoms with Crippen LogP contribution in [0, 0.1) is 5.82 Å². The molecule has 0 unspecified atom stereocenters. The average Bonchev–Trinajstić information content (AvgIpc) is 2.83. The number of amidine groups is 1. The Hall–Kier alpha value is -2.94. The van der Waals surface area contributed by atoms with E-state index in [1.165, 1.54) is 49.7 Å². The summed E-state index contributed by atoms with van der Waals surface area (Å²) in [6, 6.07) is 8.19. The van der Waals surface area contributed by atoms with Crippen molar-refractivity contribution < 1.29 is 22.7 Å². The lowest BCUT2D eigenvalue weighted by Gasteiger charge is -2.04. The van der Waals surface area contributed by atoms with Gasteiger partial charge in [-0.15, -0.1) is 4.40 Å². The summed E-state index contributed by atoms with van der Waals surface area (Å²) in [4.78, 5) is 4.13. The molecular weight excluding hydrogens is 349 g/mol. The van der Waals surface area contributed by atoms with E-state index in [0.717, 1.165) is 0 Å². The molecule has 7 nitrogen and oxygen atoms in total. The normalized spacial score (nSPS) is 15.0. The van der Waals surface area contributed by atoms with Crippen LogP contribution in [-0.2, 0) is 10.0 Å². The quantitative estimate of drug-likeness (QED) is 0.805. The van der Waals surface area contributed by atoms with Gasteiger partial charge in [0.2, 0.25) is 0 Å². The summed E-state index contributed by atoms with van der Waals surface area (Å²) < 4.78 is 45.7. The molecule has 0 bridgehead atoms. The van der Waals surface area contributed by atoms with Gasteiger partial charge in [-0.3, -0.25) is 4.99 Å². The maximum atomic E-state index is 13.3. The summed E-state index contributed by atoms with van der Waals surface area (Å²) in [5, 5.41) is 12.3. The first-order chi connectivity index (χ1) is 11.9. The number of methoxy groups -OCH3 is 1. The lowest BCUT2D eigenvalue weighted by molar-refractivity contribution is 0.386. The third-order valence-corrected chi connectivity index (χ3v) is 4.80. The van der Waals surface area contributed by atoms with E-state index in [1.807, 2.05) is 0 Å². The van der Waals surface area contributed by atoms with Crippen LogP contribution in [0.1, 0.15) is 11.1 Å². The van der Waals surface area contributed by atoms with E-state index < -0.39 is 15.8 Å². The Labute approximate surface area is 143 Å². The molecule has 2 N–H and O–H groups in total. The van der Waals surface area contributed by atoms with Gasteiger partial charge in [0.05, 0.1) is 7.11 Å². The number of aliphatic imine (C=N–C) groups is 1. The maximum absolute atomic E-state index is 13.3. The Morgan fingerprint density at radius 1 is 1.32 bits per heavy atom. The number of nitrogens with one attached hydrogen (secondary N) is 1. The second-order valence-corrected chi connectivity index (χ2v) is 6.71. The number of sulfonamides is 1. The monoisotopic (exact) mass is 363 g/mol. The molecule has 2 aromatic carbocycles. The second kappa shape index (κ2) is 6.52. The number of phenolic OH excluding ortho intramolecular Hbond substituents is 1. The molecule has 0 saturated carbocycles. The highest BCUT2D eigenvalue weighted by molar-refractivity contribution is 7.90.